The Balaban J connectivity index is 1.67. The van der Waals surface area contributed by atoms with E-state index >= 15 is 0 Å². The minimum Gasteiger partial charge on any atom is -0.391 e. The molecule has 1 heterocycles. The highest BCUT2D eigenvalue weighted by Crippen LogP contribution is 2.20. The highest BCUT2D eigenvalue weighted by molar-refractivity contribution is 7.09. The fourth-order valence-corrected chi connectivity index (χ4v) is 5.48. The van der Waals surface area contributed by atoms with Crippen LogP contribution in [0.5, 0.6) is 0 Å². The molecule has 0 saturated carbocycles. The van der Waals surface area contributed by atoms with Gasteiger partial charge in [0.2, 0.25) is 5.91 Å². The van der Waals surface area contributed by atoms with E-state index in [9.17, 15) is 14.7 Å². The predicted molar refractivity (Wildman–Crippen MR) is 166 cm³/mol. The Hall–Kier alpha value is -3.27. The van der Waals surface area contributed by atoms with Crippen LogP contribution in [0.3, 0.4) is 0 Å². The van der Waals surface area contributed by atoms with Crippen LogP contribution in [0.25, 0.3) is 0 Å². The van der Waals surface area contributed by atoms with Gasteiger partial charge in [-0.2, -0.15) is 0 Å². The maximum atomic E-state index is 13.6. The lowest BCUT2D eigenvalue weighted by molar-refractivity contribution is -0.125. The van der Waals surface area contributed by atoms with Gasteiger partial charge < -0.3 is 26.4 Å². The summed E-state index contributed by atoms with van der Waals surface area (Å²) in [4.78, 5) is 32.8. The minimum absolute atomic E-state index is 0.172. The second-order valence-electron chi connectivity index (χ2n) is 11.4. The molecule has 3 aromatic rings. The van der Waals surface area contributed by atoms with Crippen molar-refractivity contribution in [3.05, 3.63) is 87.9 Å². The maximum Gasteiger partial charge on any atom is 0.318 e. The Bertz CT molecular complexity index is 1220. The van der Waals surface area contributed by atoms with Crippen molar-refractivity contribution >= 4 is 23.3 Å². The van der Waals surface area contributed by atoms with Crippen LogP contribution in [0.15, 0.2) is 66.0 Å². The third-order valence-corrected chi connectivity index (χ3v) is 8.21. The number of rotatable bonds is 14. The second kappa shape index (κ2) is 15.7. The van der Waals surface area contributed by atoms with Crippen molar-refractivity contribution in [2.75, 3.05) is 7.05 Å². The number of nitrogens with one attached hydrogen (secondary N) is 2. The van der Waals surface area contributed by atoms with Crippen LogP contribution in [0.1, 0.15) is 61.9 Å². The van der Waals surface area contributed by atoms with E-state index in [2.05, 4.69) is 29.5 Å². The molecule has 0 aliphatic rings. The zero-order valence-corrected chi connectivity index (χ0v) is 25.6. The van der Waals surface area contributed by atoms with E-state index < -0.39 is 18.2 Å². The van der Waals surface area contributed by atoms with Crippen molar-refractivity contribution in [2.24, 2.45) is 11.7 Å². The number of aliphatic hydroxyl groups is 1. The lowest BCUT2D eigenvalue weighted by Crippen LogP contribution is -2.57. The average Bonchev–Trinajstić information content (AvgIpc) is 3.40. The Morgan fingerprint density at radius 3 is 2.07 bits per heavy atom. The third kappa shape index (κ3) is 10.3. The SMILES string of the molecule is CC(C)c1nc(CN(C)C(=O)N[C@H](C(=O)N[C@H](Cc2ccccc2)[C@@H](O)C[C@H](N)Cc2ccccc2)C(C)C)cs1. The molecule has 4 atom stereocenters. The monoisotopic (exact) mass is 579 g/mol. The third-order valence-electron chi connectivity index (χ3n) is 7.01. The summed E-state index contributed by atoms with van der Waals surface area (Å²) in [5.41, 5.74) is 9.32. The summed E-state index contributed by atoms with van der Waals surface area (Å²) in [6.45, 7) is 8.29. The van der Waals surface area contributed by atoms with Crippen LogP contribution in [-0.4, -0.2) is 58.2 Å². The van der Waals surface area contributed by atoms with Gasteiger partial charge in [0, 0.05) is 24.4 Å². The fraction of sp³-hybridized carbons (Fsp3) is 0.469. The topological polar surface area (TPSA) is 121 Å². The van der Waals surface area contributed by atoms with E-state index in [4.69, 9.17) is 5.73 Å². The number of nitrogens with zero attached hydrogens (tertiary/aromatic N) is 2. The van der Waals surface area contributed by atoms with Gasteiger partial charge >= 0.3 is 6.03 Å². The first-order chi connectivity index (χ1) is 19.5. The van der Waals surface area contributed by atoms with Crippen molar-refractivity contribution in [2.45, 2.75) is 83.6 Å². The molecule has 0 aliphatic heterocycles. The van der Waals surface area contributed by atoms with E-state index in [0.717, 1.165) is 21.8 Å². The quantitative estimate of drug-likeness (QED) is 0.224. The second-order valence-corrected chi connectivity index (χ2v) is 12.3. The molecule has 0 fully saturated rings. The Morgan fingerprint density at radius 2 is 1.54 bits per heavy atom. The summed E-state index contributed by atoms with van der Waals surface area (Å²) in [6, 6.07) is 17.7. The molecule has 0 aliphatic carbocycles. The highest BCUT2D eigenvalue weighted by atomic mass is 32.1. The van der Waals surface area contributed by atoms with Crippen LogP contribution in [-0.2, 0) is 24.2 Å². The number of hydrogen-bond acceptors (Lipinski definition) is 6. The van der Waals surface area contributed by atoms with Gasteiger partial charge in [-0.15, -0.1) is 11.3 Å². The molecule has 3 amide bonds. The molecule has 3 rings (SSSR count). The lowest BCUT2D eigenvalue weighted by Gasteiger charge is -2.30. The van der Waals surface area contributed by atoms with Gasteiger partial charge in [-0.1, -0.05) is 88.4 Å². The number of carbonyl (C=O) groups is 2. The van der Waals surface area contributed by atoms with Gasteiger partial charge in [0.15, 0.2) is 0 Å². The largest absolute Gasteiger partial charge is 0.391 e. The smallest absolute Gasteiger partial charge is 0.318 e. The summed E-state index contributed by atoms with van der Waals surface area (Å²) < 4.78 is 0. The number of amides is 3. The van der Waals surface area contributed by atoms with Gasteiger partial charge in [-0.25, -0.2) is 9.78 Å². The van der Waals surface area contributed by atoms with E-state index in [1.54, 1.807) is 18.4 Å². The van der Waals surface area contributed by atoms with Crippen LogP contribution in [0.4, 0.5) is 4.79 Å². The number of nitrogens with two attached hydrogens (primary N) is 1. The Labute approximate surface area is 248 Å². The number of aromatic nitrogens is 1. The van der Waals surface area contributed by atoms with E-state index in [1.807, 2.05) is 79.9 Å². The van der Waals surface area contributed by atoms with Crippen LogP contribution >= 0.6 is 11.3 Å². The van der Waals surface area contributed by atoms with Crippen LogP contribution in [0, 0.1) is 5.92 Å². The van der Waals surface area contributed by atoms with Crippen LogP contribution in [0.2, 0.25) is 0 Å². The molecule has 0 bridgehead atoms. The van der Waals surface area contributed by atoms with Crippen molar-refractivity contribution < 1.29 is 14.7 Å². The summed E-state index contributed by atoms with van der Waals surface area (Å²) in [6.07, 6.45) is 0.509. The maximum absolute atomic E-state index is 13.6. The van der Waals surface area contributed by atoms with E-state index in [-0.39, 0.29) is 23.9 Å². The molecule has 0 saturated heterocycles. The number of thiazole rings is 1. The zero-order chi connectivity index (χ0) is 29.9. The molecule has 0 radical (unpaired) electrons. The molecule has 2 aromatic carbocycles. The van der Waals surface area contributed by atoms with Gasteiger partial charge in [0.25, 0.3) is 0 Å². The standard InChI is InChI=1S/C32H45N5O3S/c1-21(2)29(36-32(40)37(5)19-26-20-41-31(34-26)22(3)4)30(39)35-27(17-24-14-10-7-11-15-24)28(38)18-25(33)16-23-12-8-6-9-13-23/h6-15,20-22,25,27-29,38H,16-19,33H2,1-5H3,(H,35,39)(H,36,40)/t25-,27-,28+,29+/m1/s1. The van der Waals surface area contributed by atoms with E-state index in [1.165, 1.54) is 4.90 Å². The molecule has 5 N–H and O–H groups in total. The average molecular weight is 580 g/mol. The fourth-order valence-electron chi connectivity index (χ4n) is 4.65. The molecule has 9 heteroatoms. The van der Waals surface area contributed by atoms with Crippen molar-refractivity contribution in [3.63, 3.8) is 0 Å². The number of aliphatic hydroxyl groups excluding tert-OH is 1. The van der Waals surface area contributed by atoms with E-state index in [0.29, 0.717) is 31.7 Å². The van der Waals surface area contributed by atoms with Crippen LogP contribution < -0.4 is 16.4 Å². The summed E-state index contributed by atoms with van der Waals surface area (Å²) in [5.74, 6) is -0.183. The molecule has 0 unspecified atom stereocenters. The van der Waals surface area contributed by atoms with Crippen molar-refractivity contribution in [1.29, 1.82) is 0 Å². The molecular weight excluding hydrogens is 534 g/mol. The normalized spacial score (nSPS) is 14.4. The first-order valence-corrected chi connectivity index (χ1v) is 15.2. The predicted octanol–water partition coefficient (Wildman–Crippen LogP) is 4.48. The molecule has 41 heavy (non-hydrogen) atoms. The number of hydrogen-bond donors (Lipinski definition) is 4. The van der Waals surface area contributed by atoms with Gasteiger partial charge in [0.1, 0.15) is 6.04 Å². The highest BCUT2D eigenvalue weighted by Gasteiger charge is 2.30. The Kier molecular flexibility index (Phi) is 12.3. The molecular formula is C32H45N5O3S. The first-order valence-electron chi connectivity index (χ1n) is 14.3. The minimum atomic E-state index is -0.871. The zero-order valence-electron chi connectivity index (χ0n) is 24.8. The summed E-state index contributed by atoms with van der Waals surface area (Å²) in [7, 11) is 1.69. The summed E-state index contributed by atoms with van der Waals surface area (Å²) >= 11 is 1.58. The lowest BCUT2D eigenvalue weighted by atomic mass is 9.93. The Morgan fingerprint density at radius 1 is 0.951 bits per heavy atom. The van der Waals surface area contributed by atoms with Gasteiger partial charge in [-0.05, 0) is 36.3 Å². The molecule has 8 nitrogen and oxygen atoms in total. The molecule has 1 aromatic heterocycles. The molecule has 0 spiro atoms. The number of benzene rings is 2. The summed E-state index contributed by atoms with van der Waals surface area (Å²) in [5, 5.41) is 20.2. The number of urea groups is 1. The number of carbonyl (C=O) groups excluding carboxylic acids is 2. The first kappa shape index (κ1) is 32.2. The van der Waals surface area contributed by atoms with Gasteiger partial charge in [-0.3, -0.25) is 4.79 Å². The molecule has 222 valence electrons. The van der Waals surface area contributed by atoms with Gasteiger partial charge in [0.05, 0.1) is 29.4 Å². The van der Waals surface area contributed by atoms with Crippen molar-refractivity contribution in [1.82, 2.24) is 20.5 Å². The van der Waals surface area contributed by atoms with Crippen molar-refractivity contribution in [3.8, 4) is 0 Å².